The van der Waals surface area contributed by atoms with E-state index in [0.717, 1.165) is 16.7 Å². The van der Waals surface area contributed by atoms with Crippen LogP contribution in [0.3, 0.4) is 0 Å². The fourth-order valence-corrected chi connectivity index (χ4v) is 3.92. The lowest BCUT2D eigenvalue weighted by Crippen LogP contribution is -2.28. The van der Waals surface area contributed by atoms with Gasteiger partial charge >= 0.3 is 12.0 Å². The van der Waals surface area contributed by atoms with Crippen molar-refractivity contribution < 1.29 is 24.2 Å². The maximum absolute atomic E-state index is 12.6. The van der Waals surface area contributed by atoms with Gasteiger partial charge in [-0.15, -0.1) is 0 Å². The van der Waals surface area contributed by atoms with Crippen LogP contribution >= 0.6 is 0 Å². The summed E-state index contributed by atoms with van der Waals surface area (Å²) in [5.41, 5.74) is 3.64. The van der Waals surface area contributed by atoms with E-state index in [1.165, 1.54) is 14.0 Å². The molecule has 0 saturated heterocycles. The molecule has 0 aliphatic carbocycles. The van der Waals surface area contributed by atoms with Crippen LogP contribution in [-0.4, -0.2) is 41.1 Å². The number of rotatable bonds is 9. The first-order valence-corrected chi connectivity index (χ1v) is 11.8. The number of hydrogen-bond acceptors (Lipinski definition) is 5. The minimum absolute atomic E-state index is 0.0117. The number of carbonyl (C=O) groups excluding carboxylic acids is 2. The predicted molar refractivity (Wildman–Crippen MR) is 143 cm³/mol. The number of aliphatic carboxylic acids is 1. The van der Waals surface area contributed by atoms with Gasteiger partial charge in [-0.3, -0.25) is 9.59 Å². The lowest BCUT2D eigenvalue weighted by atomic mass is 9.97. The smallest absolute Gasteiger partial charge is 0.323 e. The Balaban J connectivity index is 1.83. The molecule has 0 saturated carbocycles. The molecule has 37 heavy (non-hydrogen) atoms. The van der Waals surface area contributed by atoms with Gasteiger partial charge in [0.05, 0.1) is 25.3 Å². The number of amides is 3. The second-order valence-corrected chi connectivity index (χ2v) is 8.71. The van der Waals surface area contributed by atoms with Crippen LogP contribution in [0.5, 0.6) is 5.75 Å². The van der Waals surface area contributed by atoms with Gasteiger partial charge in [0.2, 0.25) is 5.91 Å². The number of urea groups is 1. The highest BCUT2D eigenvalue weighted by molar-refractivity contribution is 6.01. The predicted octanol–water partition coefficient (Wildman–Crippen LogP) is 4.96. The second-order valence-electron chi connectivity index (χ2n) is 8.71. The van der Waals surface area contributed by atoms with Crippen LogP contribution in [0.25, 0.3) is 0 Å². The standard InChI is InChI=1S/C28H32N4O5/c1-18-8-5-6-10-23(18)30-28(36)31-24-12-11-22(17-25(24)37-4)27(29-20(3)33)21-9-7-14-32(15-13-21)19(2)16-26(34)35/h5-15,17,19,27H,16H2,1-4H3,(H,29,33)(H,34,35)(H2,30,31,36). The van der Waals surface area contributed by atoms with Crippen LogP contribution < -0.4 is 20.7 Å². The normalized spacial score (nSPS) is 14.2. The number of anilines is 2. The average Bonchev–Trinajstić information content (AvgIpc) is 3.10. The third kappa shape index (κ3) is 7.47. The van der Waals surface area contributed by atoms with E-state index in [1.807, 2.05) is 61.2 Å². The Morgan fingerprint density at radius 2 is 1.78 bits per heavy atom. The SMILES string of the molecule is COc1cc(C(NC(C)=O)C2=CC=CN(C(C)CC(=O)O)C=C2)ccc1NC(=O)Nc1ccccc1C. The van der Waals surface area contributed by atoms with Crippen LogP contribution in [-0.2, 0) is 9.59 Å². The Morgan fingerprint density at radius 1 is 1.05 bits per heavy atom. The molecular weight excluding hydrogens is 472 g/mol. The molecule has 194 valence electrons. The number of methoxy groups -OCH3 is 1. The molecule has 0 aromatic heterocycles. The summed E-state index contributed by atoms with van der Waals surface area (Å²) in [5.74, 6) is -0.670. The van der Waals surface area contributed by atoms with E-state index in [9.17, 15) is 14.4 Å². The molecule has 2 atom stereocenters. The summed E-state index contributed by atoms with van der Waals surface area (Å²) in [4.78, 5) is 37.6. The maximum Gasteiger partial charge on any atom is 0.323 e. The number of para-hydroxylation sites is 1. The summed E-state index contributed by atoms with van der Waals surface area (Å²) < 4.78 is 5.54. The molecule has 2 unspecified atom stereocenters. The molecule has 2 aromatic carbocycles. The highest BCUT2D eigenvalue weighted by Crippen LogP contribution is 2.32. The highest BCUT2D eigenvalue weighted by atomic mass is 16.5. The molecule has 4 N–H and O–H groups in total. The van der Waals surface area contributed by atoms with Gasteiger partial charge in [0, 0.05) is 31.1 Å². The molecule has 3 rings (SSSR count). The molecule has 1 aliphatic rings. The second kappa shape index (κ2) is 12.4. The topological polar surface area (TPSA) is 120 Å². The summed E-state index contributed by atoms with van der Waals surface area (Å²) >= 11 is 0. The Bertz CT molecular complexity index is 1250. The van der Waals surface area contributed by atoms with Crippen LogP contribution in [0.2, 0.25) is 0 Å². The number of ether oxygens (including phenoxy) is 1. The molecule has 9 nitrogen and oxygen atoms in total. The molecule has 0 fully saturated rings. The number of aryl methyl sites for hydroxylation is 1. The number of benzene rings is 2. The minimum atomic E-state index is -0.878. The van der Waals surface area contributed by atoms with Gasteiger partial charge in [-0.25, -0.2) is 4.79 Å². The first-order valence-electron chi connectivity index (χ1n) is 11.8. The van der Waals surface area contributed by atoms with Crippen molar-refractivity contribution >= 4 is 29.3 Å². The molecular formula is C28H32N4O5. The molecule has 0 bridgehead atoms. The number of carbonyl (C=O) groups is 3. The molecule has 9 heteroatoms. The largest absolute Gasteiger partial charge is 0.495 e. The lowest BCUT2D eigenvalue weighted by molar-refractivity contribution is -0.137. The van der Waals surface area contributed by atoms with Gasteiger partial charge in [0.1, 0.15) is 5.75 Å². The average molecular weight is 505 g/mol. The Hall–Kier alpha value is -4.53. The van der Waals surface area contributed by atoms with Crippen LogP contribution in [0.15, 0.2) is 78.7 Å². The molecule has 1 aliphatic heterocycles. The van der Waals surface area contributed by atoms with Crippen molar-refractivity contribution in [3.63, 3.8) is 0 Å². The van der Waals surface area contributed by atoms with Crippen molar-refractivity contribution in [2.24, 2.45) is 0 Å². The minimum Gasteiger partial charge on any atom is -0.495 e. The van der Waals surface area contributed by atoms with Crippen molar-refractivity contribution in [2.75, 3.05) is 17.7 Å². The zero-order valence-corrected chi connectivity index (χ0v) is 21.3. The van der Waals surface area contributed by atoms with Crippen LogP contribution in [0.4, 0.5) is 16.2 Å². The Morgan fingerprint density at radius 3 is 2.46 bits per heavy atom. The van der Waals surface area contributed by atoms with Crippen molar-refractivity contribution in [1.82, 2.24) is 10.2 Å². The van der Waals surface area contributed by atoms with E-state index < -0.39 is 18.0 Å². The number of carboxylic acids is 1. The van der Waals surface area contributed by atoms with Crippen molar-refractivity contribution in [2.45, 2.75) is 39.3 Å². The highest BCUT2D eigenvalue weighted by Gasteiger charge is 2.20. The third-order valence-electron chi connectivity index (χ3n) is 5.85. The van der Waals surface area contributed by atoms with Gasteiger partial charge in [0.15, 0.2) is 0 Å². The van der Waals surface area contributed by atoms with Crippen LogP contribution in [0, 0.1) is 6.92 Å². The van der Waals surface area contributed by atoms with Crippen molar-refractivity contribution in [3.05, 3.63) is 89.8 Å². The zero-order chi connectivity index (χ0) is 26.9. The van der Waals surface area contributed by atoms with Gasteiger partial charge in [-0.05, 0) is 60.9 Å². The molecule has 0 radical (unpaired) electrons. The quantitative estimate of drug-likeness (QED) is 0.383. The fourth-order valence-electron chi connectivity index (χ4n) is 3.92. The van der Waals surface area contributed by atoms with E-state index in [2.05, 4.69) is 16.0 Å². The van der Waals surface area contributed by atoms with Gasteiger partial charge < -0.3 is 30.7 Å². The van der Waals surface area contributed by atoms with E-state index in [0.29, 0.717) is 17.1 Å². The number of nitrogens with one attached hydrogen (secondary N) is 3. The molecule has 2 aromatic rings. The van der Waals surface area contributed by atoms with Gasteiger partial charge in [-0.2, -0.15) is 0 Å². The number of allylic oxidation sites excluding steroid dienone is 2. The number of nitrogens with zero attached hydrogens (tertiary/aromatic N) is 1. The van der Waals surface area contributed by atoms with E-state index in [4.69, 9.17) is 9.84 Å². The molecule has 3 amide bonds. The summed E-state index contributed by atoms with van der Waals surface area (Å²) in [5, 5.41) is 17.7. The molecule has 0 spiro atoms. The Labute approximate surface area is 216 Å². The van der Waals surface area contributed by atoms with Gasteiger partial charge in [0.25, 0.3) is 0 Å². The Kier molecular flexibility index (Phi) is 9.10. The lowest BCUT2D eigenvalue weighted by Gasteiger charge is -2.23. The summed E-state index contributed by atoms with van der Waals surface area (Å²) in [6.45, 7) is 5.17. The zero-order valence-electron chi connectivity index (χ0n) is 21.3. The first kappa shape index (κ1) is 27.1. The van der Waals surface area contributed by atoms with Gasteiger partial charge in [-0.1, -0.05) is 30.3 Å². The van der Waals surface area contributed by atoms with Crippen molar-refractivity contribution in [3.8, 4) is 5.75 Å². The maximum atomic E-state index is 12.6. The van der Waals surface area contributed by atoms with Crippen molar-refractivity contribution in [1.29, 1.82) is 0 Å². The fraction of sp³-hybridized carbons (Fsp3) is 0.250. The van der Waals surface area contributed by atoms with E-state index in [-0.39, 0.29) is 18.4 Å². The summed E-state index contributed by atoms with van der Waals surface area (Å²) in [6.07, 6.45) is 9.09. The number of carboxylic acid groups (broad SMARTS) is 1. The van der Waals surface area contributed by atoms with Crippen LogP contribution in [0.1, 0.15) is 37.4 Å². The molecule has 1 heterocycles. The summed E-state index contributed by atoms with van der Waals surface area (Å²) in [7, 11) is 1.51. The monoisotopic (exact) mass is 504 g/mol. The first-order chi connectivity index (χ1) is 17.7. The summed E-state index contributed by atoms with van der Waals surface area (Å²) in [6, 6.07) is 11.6. The third-order valence-corrected chi connectivity index (χ3v) is 5.85. The van der Waals surface area contributed by atoms with E-state index in [1.54, 1.807) is 30.6 Å². The number of hydrogen-bond donors (Lipinski definition) is 4. The van der Waals surface area contributed by atoms with E-state index >= 15 is 0 Å².